The fourth-order valence-electron chi connectivity index (χ4n) is 0.844. The number of hydrogen-bond donors (Lipinski definition) is 1. The first-order valence-electron chi connectivity index (χ1n) is 4.72. The number of rotatable bonds is 8. The molecule has 0 aliphatic heterocycles. The lowest BCUT2D eigenvalue weighted by atomic mass is 10.4. The highest BCUT2D eigenvalue weighted by atomic mass is 33.1. The van der Waals surface area contributed by atoms with Crippen LogP contribution in [0.2, 0.25) is 0 Å². The van der Waals surface area contributed by atoms with Crippen molar-refractivity contribution in [2.45, 2.75) is 0 Å². The molecule has 0 aromatic rings. The van der Waals surface area contributed by atoms with E-state index in [4.69, 9.17) is 5.73 Å². The number of nitrogens with two attached hydrogens (primary N) is 1. The Bertz CT molecular complexity index is 250. The highest BCUT2D eigenvalue weighted by Gasteiger charge is 2.15. The van der Waals surface area contributed by atoms with E-state index in [0.717, 1.165) is 22.8 Å². The van der Waals surface area contributed by atoms with Crippen molar-refractivity contribution >= 4 is 33.4 Å². The van der Waals surface area contributed by atoms with Crippen molar-refractivity contribution in [1.29, 1.82) is 0 Å². The van der Waals surface area contributed by atoms with Crippen LogP contribution in [0.5, 0.6) is 0 Å². The summed E-state index contributed by atoms with van der Waals surface area (Å²) in [6, 6.07) is 0. The van der Waals surface area contributed by atoms with Gasteiger partial charge in [-0.1, -0.05) is 34.7 Å². The van der Waals surface area contributed by atoms with E-state index < -0.39 is 11.8 Å². The number of carbonyl (C=O) groups is 2. The van der Waals surface area contributed by atoms with E-state index in [0.29, 0.717) is 18.8 Å². The van der Waals surface area contributed by atoms with Crippen LogP contribution < -0.4 is 5.73 Å². The number of carbonyl (C=O) groups excluding carboxylic acids is 2. The molecule has 2 amide bonds. The normalized spacial score (nSPS) is 9.56. The largest absolute Gasteiger partial charge is 0.330 e. The Kier molecular flexibility index (Phi) is 9.07. The monoisotopic (exact) mass is 260 g/mol. The first-order valence-corrected chi connectivity index (χ1v) is 7.21. The van der Waals surface area contributed by atoms with E-state index in [-0.39, 0.29) is 0 Å². The van der Waals surface area contributed by atoms with E-state index >= 15 is 0 Å². The van der Waals surface area contributed by atoms with Gasteiger partial charge in [-0.05, 0) is 12.2 Å². The van der Waals surface area contributed by atoms with Gasteiger partial charge in [0.2, 0.25) is 0 Å². The average molecular weight is 260 g/mol. The van der Waals surface area contributed by atoms with Crippen LogP contribution in [0.1, 0.15) is 0 Å². The molecule has 4 nitrogen and oxygen atoms in total. The molecule has 0 rings (SSSR count). The second kappa shape index (κ2) is 9.50. The summed E-state index contributed by atoms with van der Waals surface area (Å²) in [5, 5.41) is 0. The van der Waals surface area contributed by atoms with Crippen LogP contribution in [-0.4, -0.2) is 41.3 Å². The molecule has 0 saturated carbocycles. The topological polar surface area (TPSA) is 63.4 Å². The smallest absolute Gasteiger partial charge is 0.252 e. The van der Waals surface area contributed by atoms with Crippen LogP contribution in [0.15, 0.2) is 25.3 Å². The van der Waals surface area contributed by atoms with Gasteiger partial charge < -0.3 is 5.73 Å². The van der Waals surface area contributed by atoms with Crippen molar-refractivity contribution in [3.05, 3.63) is 25.3 Å². The lowest BCUT2D eigenvalue weighted by Crippen LogP contribution is -2.36. The Morgan fingerprint density at radius 1 is 1.12 bits per heavy atom. The highest BCUT2D eigenvalue weighted by molar-refractivity contribution is 8.76. The fraction of sp³-hybridized carbons (Fsp3) is 0.400. The maximum Gasteiger partial charge on any atom is 0.252 e. The molecule has 0 aromatic heterocycles. The summed E-state index contributed by atoms with van der Waals surface area (Å²) >= 11 is 0. The molecule has 16 heavy (non-hydrogen) atoms. The second-order valence-corrected chi connectivity index (χ2v) is 5.37. The van der Waals surface area contributed by atoms with Crippen molar-refractivity contribution in [1.82, 2.24) is 4.90 Å². The third kappa shape index (κ3) is 5.99. The molecule has 0 unspecified atom stereocenters. The van der Waals surface area contributed by atoms with E-state index in [1.807, 2.05) is 0 Å². The quantitative estimate of drug-likeness (QED) is 0.401. The second-order valence-electron chi connectivity index (χ2n) is 2.67. The average Bonchev–Trinajstić information content (AvgIpc) is 2.32. The van der Waals surface area contributed by atoms with Gasteiger partial charge >= 0.3 is 0 Å². The minimum absolute atomic E-state index is 0.359. The van der Waals surface area contributed by atoms with Crippen LogP contribution in [0.25, 0.3) is 0 Å². The number of nitrogens with zero attached hydrogens (tertiary/aromatic N) is 1. The van der Waals surface area contributed by atoms with Gasteiger partial charge in [-0.3, -0.25) is 14.5 Å². The molecule has 0 bridgehead atoms. The predicted molar refractivity (Wildman–Crippen MR) is 71.1 cm³/mol. The van der Waals surface area contributed by atoms with Crippen LogP contribution in [0.4, 0.5) is 0 Å². The molecule has 0 heterocycles. The summed E-state index contributed by atoms with van der Waals surface area (Å²) in [7, 11) is 3.21. The van der Waals surface area contributed by atoms with Crippen molar-refractivity contribution in [2.75, 3.05) is 24.6 Å². The fourth-order valence-corrected chi connectivity index (χ4v) is 2.65. The molecule has 2 N–H and O–H groups in total. The number of hydrogen-bond acceptors (Lipinski definition) is 5. The van der Waals surface area contributed by atoms with Crippen LogP contribution >= 0.6 is 21.6 Å². The van der Waals surface area contributed by atoms with Gasteiger partial charge in [0, 0.05) is 24.6 Å². The van der Waals surface area contributed by atoms with Crippen LogP contribution in [0, 0.1) is 0 Å². The molecule has 0 saturated heterocycles. The standard InChI is InChI=1S/C10H16N2O2S2/c1-3-9(13)12(10(14)4-2)6-8-16-15-7-5-11/h3-4H,1-2,5-8,11H2. The molecule has 0 radical (unpaired) electrons. The zero-order valence-electron chi connectivity index (χ0n) is 9.05. The Balaban J connectivity index is 4.03. The molecule has 0 aliphatic rings. The summed E-state index contributed by atoms with van der Waals surface area (Å²) in [5.41, 5.74) is 5.33. The number of imide groups is 1. The predicted octanol–water partition coefficient (Wildman–Crippen LogP) is 1.05. The van der Waals surface area contributed by atoms with E-state index in [1.165, 1.54) is 0 Å². The molecular formula is C10H16N2O2S2. The third-order valence-corrected chi connectivity index (χ3v) is 3.98. The van der Waals surface area contributed by atoms with Gasteiger partial charge in [0.25, 0.3) is 11.8 Å². The maximum absolute atomic E-state index is 11.3. The molecule has 90 valence electrons. The van der Waals surface area contributed by atoms with Gasteiger partial charge in [0.15, 0.2) is 0 Å². The summed E-state index contributed by atoms with van der Waals surface area (Å²) in [6.07, 6.45) is 2.25. The van der Waals surface area contributed by atoms with Crippen molar-refractivity contribution < 1.29 is 9.59 Å². The van der Waals surface area contributed by atoms with Gasteiger partial charge in [-0.2, -0.15) is 0 Å². The zero-order chi connectivity index (χ0) is 12.4. The Morgan fingerprint density at radius 3 is 2.06 bits per heavy atom. The molecule has 6 heteroatoms. The third-order valence-electron chi connectivity index (χ3n) is 1.56. The lowest BCUT2D eigenvalue weighted by Gasteiger charge is -2.16. The van der Waals surface area contributed by atoms with Gasteiger partial charge in [-0.25, -0.2) is 0 Å². The van der Waals surface area contributed by atoms with Gasteiger partial charge in [-0.15, -0.1) is 0 Å². The molecule has 0 fully saturated rings. The summed E-state index contributed by atoms with van der Waals surface area (Å²) < 4.78 is 0. The van der Waals surface area contributed by atoms with Gasteiger partial charge in [0.05, 0.1) is 0 Å². The number of amides is 2. The Labute approximate surface area is 104 Å². The first kappa shape index (κ1) is 15.3. The van der Waals surface area contributed by atoms with Crippen molar-refractivity contribution in [3.8, 4) is 0 Å². The molecule has 0 atom stereocenters. The maximum atomic E-state index is 11.3. The van der Waals surface area contributed by atoms with Crippen LogP contribution in [-0.2, 0) is 9.59 Å². The summed E-state index contributed by atoms with van der Waals surface area (Å²) in [6.45, 7) is 7.68. The lowest BCUT2D eigenvalue weighted by molar-refractivity contribution is -0.138. The summed E-state index contributed by atoms with van der Waals surface area (Å²) in [4.78, 5) is 23.8. The molecular weight excluding hydrogens is 244 g/mol. The Morgan fingerprint density at radius 2 is 1.62 bits per heavy atom. The van der Waals surface area contributed by atoms with Gasteiger partial charge in [0.1, 0.15) is 0 Å². The Hall–Kier alpha value is -0.720. The first-order chi connectivity index (χ1) is 7.67. The van der Waals surface area contributed by atoms with E-state index in [2.05, 4.69) is 13.2 Å². The molecule has 0 aliphatic carbocycles. The molecule has 0 spiro atoms. The van der Waals surface area contributed by atoms with E-state index in [1.54, 1.807) is 21.6 Å². The zero-order valence-corrected chi connectivity index (χ0v) is 10.7. The van der Waals surface area contributed by atoms with Crippen molar-refractivity contribution in [2.24, 2.45) is 5.73 Å². The summed E-state index contributed by atoms with van der Waals surface area (Å²) in [5.74, 6) is 0.739. The highest BCUT2D eigenvalue weighted by Crippen LogP contribution is 2.19. The SMILES string of the molecule is C=CC(=O)N(CCSSCCN)C(=O)C=C. The van der Waals surface area contributed by atoms with Crippen LogP contribution in [0.3, 0.4) is 0 Å². The van der Waals surface area contributed by atoms with E-state index in [9.17, 15) is 9.59 Å². The minimum atomic E-state index is -0.394. The molecule has 0 aromatic carbocycles. The van der Waals surface area contributed by atoms with Crippen molar-refractivity contribution in [3.63, 3.8) is 0 Å². The minimum Gasteiger partial charge on any atom is -0.330 e.